The Hall–Kier alpha value is -1.96. The van der Waals surface area contributed by atoms with Gasteiger partial charge in [0, 0.05) is 11.5 Å². The lowest BCUT2D eigenvalue weighted by molar-refractivity contribution is -0.132. The SMILES string of the molecule is COc1cc(NN(C(=O)O)C(C(=O)C(C)(C)C)C2CCCC2)c(N)cc1Br. The largest absolute Gasteiger partial charge is 0.495 e. The fraction of sp³-hybridized carbons (Fsp3) is 0.579. The second-order valence-electron chi connectivity index (χ2n) is 7.94. The molecule has 1 aliphatic carbocycles. The summed E-state index contributed by atoms with van der Waals surface area (Å²) in [5.74, 6) is 0.391. The number of amides is 1. The summed E-state index contributed by atoms with van der Waals surface area (Å²) in [6.07, 6.45) is 2.44. The van der Waals surface area contributed by atoms with Crippen LogP contribution >= 0.6 is 15.9 Å². The number of nitrogens with zero attached hydrogens (tertiary/aromatic N) is 1. The number of carbonyl (C=O) groups is 2. The van der Waals surface area contributed by atoms with Crippen LogP contribution in [0.15, 0.2) is 16.6 Å². The van der Waals surface area contributed by atoms with E-state index in [1.54, 1.807) is 12.1 Å². The van der Waals surface area contributed by atoms with E-state index < -0.39 is 17.6 Å². The van der Waals surface area contributed by atoms with Gasteiger partial charge < -0.3 is 15.6 Å². The minimum absolute atomic E-state index is 0.0149. The quantitative estimate of drug-likeness (QED) is 0.442. The lowest BCUT2D eigenvalue weighted by Gasteiger charge is -2.36. The summed E-state index contributed by atoms with van der Waals surface area (Å²) in [5, 5.41) is 10.9. The van der Waals surface area contributed by atoms with Crippen LogP contribution in [0.4, 0.5) is 16.2 Å². The summed E-state index contributed by atoms with van der Waals surface area (Å²) < 4.78 is 5.93. The number of halogens is 1. The third-order valence-electron chi connectivity index (χ3n) is 4.90. The van der Waals surface area contributed by atoms with Crippen molar-refractivity contribution < 1.29 is 19.4 Å². The summed E-state index contributed by atoms with van der Waals surface area (Å²) in [6, 6.07) is 2.47. The molecule has 1 unspecified atom stereocenters. The van der Waals surface area contributed by atoms with Crippen LogP contribution in [-0.2, 0) is 4.79 Å². The Morgan fingerprint density at radius 2 is 1.93 bits per heavy atom. The maximum absolute atomic E-state index is 13.1. The number of anilines is 2. The molecule has 2 rings (SSSR count). The Balaban J connectivity index is 2.43. The van der Waals surface area contributed by atoms with Gasteiger partial charge in [-0.2, -0.15) is 0 Å². The van der Waals surface area contributed by atoms with Crippen LogP contribution in [0.5, 0.6) is 5.75 Å². The number of nitrogen functional groups attached to an aromatic ring is 1. The van der Waals surface area contributed by atoms with E-state index in [0.29, 0.717) is 21.6 Å². The molecule has 0 saturated heterocycles. The third-order valence-corrected chi connectivity index (χ3v) is 5.52. The Bertz CT molecular complexity index is 712. The molecular weight excluding hydrogens is 414 g/mol. The van der Waals surface area contributed by atoms with Crippen LogP contribution in [0.2, 0.25) is 0 Å². The number of rotatable bonds is 6. The van der Waals surface area contributed by atoms with E-state index in [-0.39, 0.29) is 11.7 Å². The third kappa shape index (κ3) is 4.86. The second-order valence-corrected chi connectivity index (χ2v) is 8.80. The van der Waals surface area contributed by atoms with E-state index in [2.05, 4.69) is 21.4 Å². The predicted molar refractivity (Wildman–Crippen MR) is 109 cm³/mol. The number of ketones is 1. The first-order valence-electron chi connectivity index (χ1n) is 9.02. The Labute approximate surface area is 168 Å². The monoisotopic (exact) mass is 441 g/mol. The molecule has 1 atom stereocenters. The Morgan fingerprint density at radius 1 is 1.33 bits per heavy atom. The molecule has 0 aliphatic heterocycles. The van der Waals surface area contributed by atoms with Gasteiger partial charge >= 0.3 is 6.09 Å². The van der Waals surface area contributed by atoms with Gasteiger partial charge in [0.25, 0.3) is 0 Å². The van der Waals surface area contributed by atoms with Crippen molar-refractivity contribution in [1.82, 2.24) is 5.01 Å². The topological polar surface area (TPSA) is 105 Å². The minimum atomic E-state index is -1.22. The average molecular weight is 442 g/mol. The molecule has 8 heteroatoms. The van der Waals surface area contributed by atoms with Crippen molar-refractivity contribution in [2.45, 2.75) is 52.5 Å². The van der Waals surface area contributed by atoms with E-state index >= 15 is 0 Å². The maximum atomic E-state index is 13.1. The molecule has 0 aromatic heterocycles. The first-order valence-corrected chi connectivity index (χ1v) is 9.81. The number of nitrogens with two attached hydrogens (primary N) is 1. The van der Waals surface area contributed by atoms with E-state index in [9.17, 15) is 14.7 Å². The van der Waals surface area contributed by atoms with Gasteiger partial charge in [-0.25, -0.2) is 9.80 Å². The zero-order valence-electron chi connectivity index (χ0n) is 16.2. The van der Waals surface area contributed by atoms with Gasteiger partial charge in [0.1, 0.15) is 11.8 Å². The Kier molecular flexibility index (Phi) is 6.62. The lowest BCUT2D eigenvalue weighted by atomic mass is 9.80. The number of hydrogen-bond donors (Lipinski definition) is 3. The number of ether oxygens (including phenoxy) is 1. The van der Waals surface area contributed by atoms with Crippen molar-refractivity contribution in [3.63, 3.8) is 0 Å². The highest BCUT2D eigenvalue weighted by molar-refractivity contribution is 9.10. The lowest BCUT2D eigenvalue weighted by Crippen LogP contribution is -2.54. The number of hydrogen-bond acceptors (Lipinski definition) is 5. The summed E-state index contributed by atoms with van der Waals surface area (Å²) in [6.45, 7) is 5.44. The van der Waals surface area contributed by atoms with Crippen LogP contribution in [0.1, 0.15) is 46.5 Å². The van der Waals surface area contributed by atoms with E-state index in [1.807, 2.05) is 20.8 Å². The molecule has 1 aromatic rings. The van der Waals surface area contributed by atoms with Gasteiger partial charge in [0.05, 0.1) is 23.0 Å². The molecule has 4 N–H and O–H groups in total. The van der Waals surface area contributed by atoms with Crippen molar-refractivity contribution in [2.75, 3.05) is 18.3 Å². The molecule has 150 valence electrons. The molecule has 0 radical (unpaired) electrons. The maximum Gasteiger partial charge on any atom is 0.426 e. The molecule has 1 aliphatic rings. The minimum Gasteiger partial charge on any atom is -0.495 e. The van der Waals surface area contributed by atoms with Crippen LogP contribution < -0.4 is 15.9 Å². The zero-order valence-corrected chi connectivity index (χ0v) is 17.8. The molecule has 0 heterocycles. The summed E-state index contributed by atoms with van der Waals surface area (Å²) in [4.78, 5) is 25.2. The number of carbonyl (C=O) groups excluding carboxylic acids is 1. The van der Waals surface area contributed by atoms with Crippen LogP contribution in [0, 0.1) is 11.3 Å². The number of hydrazine groups is 1. The Morgan fingerprint density at radius 3 is 2.41 bits per heavy atom. The molecule has 7 nitrogen and oxygen atoms in total. The highest BCUT2D eigenvalue weighted by Gasteiger charge is 2.42. The number of nitrogens with one attached hydrogen (secondary N) is 1. The van der Waals surface area contributed by atoms with Crippen molar-refractivity contribution in [3.8, 4) is 5.75 Å². The van der Waals surface area contributed by atoms with E-state index in [4.69, 9.17) is 10.5 Å². The molecule has 1 saturated carbocycles. The van der Waals surface area contributed by atoms with Crippen molar-refractivity contribution >= 4 is 39.2 Å². The van der Waals surface area contributed by atoms with Crippen molar-refractivity contribution in [2.24, 2.45) is 11.3 Å². The van der Waals surface area contributed by atoms with Crippen molar-refractivity contribution in [3.05, 3.63) is 16.6 Å². The fourth-order valence-corrected chi connectivity index (χ4v) is 3.97. The van der Waals surface area contributed by atoms with Gasteiger partial charge in [0.2, 0.25) is 0 Å². The number of benzene rings is 1. The summed E-state index contributed by atoms with van der Waals surface area (Å²) in [7, 11) is 1.51. The smallest absolute Gasteiger partial charge is 0.426 e. The van der Waals surface area contributed by atoms with Crippen molar-refractivity contribution in [1.29, 1.82) is 0 Å². The molecule has 0 bridgehead atoms. The zero-order chi connectivity index (χ0) is 20.4. The molecule has 1 fully saturated rings. The molecule has 0 spiro atoms. The number of methoxy groups -OCH3 is 1. The summed E-state index contributed by atoms with van der Waals surface area (Å²) in [5.41, 5.74) is 8.99. The number of Topliss-reactive ketones (excluding diaryl/α,β-unsaturated/α-hetero) is 1. The van der Waals surface area contributed by atoms with Gasteiger partial charge in [0.15, 0.2) is 5.78 Å². The number of carboxylic acid groups (broad SMARTS) is 1. The highest BCUT2D eigenvalue weighted by atomic mass is 79.9. The average Bonchev–Trinajstić information content (AvgIpc) is 3.09. The van der Waals surface area contributed by atoms with Gasteiger partial charge in [-0.3, -0.25) is 10.2 Å². The van der Waals surface area contributed by atoms with Gasteiger partial charge in [-0.05, 0) is 40.8 Å². The van der Waals surface area contributed by atoms with E-state index in [1.165, 1.54) is 7.11 Å². The van der Waals surface area contributed by atoms with Gasteiger partial charge in [-0.15, -0.1) is 0 Å². The van der Waals surface area contributed by atoms with E-state index in [0.717, 1.165) is 30.7 Å². The second kappa shape index (κ2) is 8.37. The fourth-order valence-electron chi connectivity index (χ4n) is 3.45. The first-order chi connectivity index (χ1) is 12.6. The molecule has 1 aromatic carbocycles. The predicted octanol–water partition coefficient (Wildman–Crippen LogP) is 4.52. The highest BCUT2D eigenvalue weighted by Crippen LogP contribution is 2.37. The first kappa shape index (κ1) is 21.3. The molecule has 1 amide bonds. The van der Waals surface area contributed by atoms with Gasteiger partial charge in [-0.1, -0.05) is 33.6 Å². The van der Waals surface area contributed by atoms with Crippen LogP contribution in [-0.4, -0.2) is 35.1 Å². The summed E-state index contributed by atoms with van der Waals surface area (Å²) >= 11 is 3.35. The van der Waals surface area contributed by atoms with Crippen LogP contribution in [0.3, 0.4) is 0 Å². The standard InChI is InChI=1S/C19H28BrN3O4/c1-19(2,3)17(24)16(11-7-5-6-8-11)23(18(25)26)22-14-10-15(27-4)12(20)9-13(14)21/h9-11,16,22H,5-8,21H2,1-4H3,(H,25,26). The van der Waals surface area contributed by atoms with Crippen LogP contribution in [0.25, 0.3) is 0 Å². The normalized spacial score (nSPS) is 16.0. The molecule has 27 heavy (non-hydrogen) atoms. The molecular formula is C19H28BrN3O4.